The monoisotopic (exact) mass is 328 g/mol. The molecule has 1 saturated carbocycles. The van der Waals surface area contributed by atoms with E-state index in [1.807, 2.05) is 0 Å². The van der Waals surface area contributed by atoms with Crippen LogP contribution in [-0.2, 0) is 4.79 Å². The Labute approximate surface area is 129 Å². The Kier molecular flexibility index (Phi) is 6.78. The van der Waals surface area contributed by atoms with Crippen molar-refractivity contribution in [1.82, 2.24) is 4.90 Å². The minimum atomic E-state index is -4.12. The van der Waals surface area contributed by atoms with Gasteiger partial charge in [-0.25, -0.2) is 0 Å². The number of hydrogen-bond acceptors (Lipinski definition) is 2. The number of amides is 1. The highest BCUT2D eigenvalue weighted by Gasteiger charge is 2.41. The standard InChI is InChI=1S/C14H23F3N2O.ClH/c15-14(16,17)11-5-7-19(8-6-11)13(20)9-10-3-1-2-4-12(10)18;/h10-12H,1-9,18H2;1H. The van der Waals surface area contributed by atoms with Gasteiger partial charge in [0.1, 0.15) is 0 Å². The van der Waals surface area contributed by atoms with Crippen LogP contribution in [0.5, 0.6) is 0 Å². The normalized spacial score (nSPS) is 28.1. The summed E-state index contributed by atoms with van der Waals surface area (Å²) in [6.45, 7) is 0.454. The summed E-state index contributed by atoms with van der Waals surface area (Å²) < 4.78 is 37.7. The summed E-state index contributed by atoms with van der Waals surface area (Å²) in [5.74, 6) is -1.06. The van der Waals surface area contributed by atoms with Gasteiger partial charge in [0.05, 0.1) is 5.92 Å². The number of carbonyl (C=O) groups is 1. The summed E-state index contributed by atoms with van der Waals surface area (Å²) in [6, 6.07) is 0.0698. The molecule has 7 heteroatoms. The predicted octanol–water partition coefficient (Wildman–Crippen LogP) is 3.12. The van der Waals surface area contributed by atoms with Crippen LogP contribution in [0.2, 0.25) is 0 Å². The Hall–Kier alpha value is -0.490. The lowest BCUT2D eigenvalue weighted by atomic mass is 9.82. The Morgan fingerprint density at radius 1 is 1.10 bits per heavy atom. The van der Waals surface area contributed by atoms with E-state index in [4.69, 9.17) is 5.73 Å². The number of piperidine rings is 1. The highest BCUT2D eigenvalue weighted by Crippen LogP contribution is 2.34. The van der Waals surface area contributed by atoms with Crippen molar-refractivity contribution < 1.29 is 18.0 Å². The molecule has 1 heterocycles. The Bertz CT molecular complexity index is 344. The number of rotatable bonds is 2. The fourth-order valence-corrected chi connectivity index (χ4v) is 3.30. The third kappa shape index (κ3) is 5.02. The van der Waals surface area contributed by atoms with Crippen molar-refractivity contribution in [2.24, 2.45) is 17.6 Å². The van der Waals surface area contributed by atoms with Gasteiger partial charge in [0.15, 0.2) is 0 Å². The molecule has 0 aromatic carbocycles. The molecule has 1 saturated heterocycles. The first kappa shape index (κ1) is 18.6. The van der Waals surface area contributed by atoms with Crippen molar-refractivity contribution in [3.63, 3.8) is 0 Å². The first-order valence-corrected chi connectivity index (χ1v) is 7.48. The second kappa shape index (κ2) is 7.68. The molecule has 2 unspecified atom stereocenters. The number of nitrogens with zero attached hydrogens (tertiary/aromatic N) is 1. The van der Waals surface area contributed by atoms with Crippen LogP contribution in [0.3, 0.4) is 0 Å². The van der Waals surface area contributed by atoms with Crippen molar-refractivity contribution in [2.45, 2.75) is 57.2 Å². The Morgan fingerprint density at radius 2 is 1.67 bits per heavy atom. The maximum absolute atomic E-state index is 12.6. The molecule has 0 spiro atoms. The van der Waals surface area contributed by atoms with Crippen LogP contribution in [0.4, 0.5) is 13.2 Å². The van der Waals surface area contributed by atoms with Crippen molar-refractivity contribution in [2.75, 3.05) is 13.1 Å². The molecule has 1 amide bonds. The van der Waals surface area contributed by atoms with Crippen molar-refractivity contribution in [3.8, 4) is 0 Å². The molecule has 2 fully saturated rings. The van der Waals surface area contributed by atoms with Gasteiger partial charge in [-0.3, -0.25) is 4.79 Å². The van der Waals surface area contributed by atoms with Gasteiger partial charge in [-0.2, -0.15) is 13.2 Å². The fraction of sp³-hybridized carbons (Fsp3) is 0.929. The summed E-state index contributed by atoms with van der Waals surface area (Å²) in [6.07, 6.45) is 0.473. The maximum atomic E-state index is 12.6. The summed E-state index contributed by atoms with van der Waals surface area (Å²) in [5.41, 5.74) is 6.02. The van der Waals surface area contributed by atoms with Gasteiger partial charge in [-0.05, 0) is 31.6 Å². The van der Waals surface area contributed by atoms with E-state index in [2.05, 4.69) is 0 Å². The predicted molar refractivity (Wildman–Crippen MR) is 77.2 cm³/mol. The fourth-order valence-electron chi connectivity index (χ4n) is 3.30. The van der Waals surface area contributed by atoms with E-state index in [-0.39, 0.29) is 56.2 Å². The van der Waals surface area contributed by atoms with E-state index in [1.165, 1.54) is 0 Å². The molecule has 0 aromatic rings. The zero-order valence-corrected chi connectivity index (χ0v) is 12.9. The van der Waals surface area contributed by atoms with Crippen molar-refractivity contribution >= 4 is 18.3 Å². The van der Waals surface area contributed by atoms with Crippen molar-refractivity contribution in [1.29, 1.82) is 0 Å². The minimum Gasteiger partial charge on any atom is -0.343 e. The molecular weight excluding hydrogens is 305 g/mol. The number of likely N-dealkylation sites (tertiary alicyclic amines) is 1. The summed E-state index contributed by atoms with van der Waals surface area (Å²) in [5, 5.41) is 0. The SMILES string of the molecule is Cl.NC1CCCCC1CC(=O)N1CCC(C(F)(F)F)CC1. The molecule has 0 bridgehead atoms. The van der Waals surface area contributed by atoms with E-state index in [0.717, 1.165) is 25.7 Å². The summed E-state index contributed by atoms with van der Waals surface area (Å²) in [7, 11) is 0. The van der Waals surface area contributed by atoms with E-state index < -0.39 is 12.1 Å². The molecule has 2 atom stereocenters. The third-order valence-corrected chi connectivity index (χ3v) is 4.72. The zero-order chi connectivity index (χ0) is 14.8. The number of alkyl halides is 3. The van der Waals surface area contributed by atoms with E-state index in [0.29, 0.717) is 6.42 Å². The lowest BCUT2D eigenvalue weighted by Gasteiger charge is -2.35. The average molecular weight is 329 g/mol. The number of hydrogen-bond donors (Lipinski definition) is 1. The minimum absolute atomic E-state index is 0. The van der Waals surface area contributed by atoms with Crippen LogP contribution in [0.25, 0.3) is 0 Å². The van der Waals surface area contributed by atoms with Gasteiger partial charge in [0.25, 0.3) is 0 Å². The van der Waals surface area contributed by atoms with Crippen LogP contribution in [0, 0.1) is 11.8 Å². The molecule has 0 radical (unpaired) electrons. The molecule has 2 N–H and O–H groups in total. The highest BCUT2D eigenvalue weighted by atomic mass is 35.5. The first-order valence-electron chi connectivity index (χ1n) is 7.48. The molecule has 1 aliphatic heterocycles. The average Bonchev–Trinajstić information content (AvgIpc) is 2.40. The van der Waals surface area contributed by atoms with Gasteiger partial charge >= 0.3 is 6.18 Å². The number of halogens is 4. The summed E-state index contributed by atoms with van der Waals surface area (Å²) >= 11 is 0. The number of carbonyl (C=O) groups excluding carboxylic acids is 1. The van der Waals surface area contributed by atoms with Crippen LogP contribution in [0.1, 0.15) is 44.9 Å². The maximum Gasteiger partial charge on any atom is 0.391 e. The second-order valence-electron chi connectivity index (χ2n) is 6.11. The van der Waals surface area contributed by atoms with Crippen LogP contribution in [0.15, 0.2) is 0 Å². The second-order valence-corrected chi connectivity index (χ2v) is 6.11. The molecular formula is C14H24ClF3N2O. The Balaban J connectivity index is 0.00000220. The van der Waals surface area contributed by atoms with Gasteiger partial charge in [0.2, 0.25) is 5.91 Å². The van der Waals surface area contributed by atoms with Crippen LogP contribution < -0.4 is 5.73 Å². The molecule has 1 aliphatic carbocycles. The first-order chi connectivity index (χ1) is 9.38. The molecule has 2 aliphatic rings. The highest BCUT2D eigenvalue weighted by molar-refractivity contribution is 5.85. The van der Waals surface area contributed by atoms with E-state index in [9.17, 15) is 18.0 Å². The van der Waals surface area contributed by atoms with Gasteiger partial charge in [-0.1, -0.05) is 12.8 Å². The van der Waals surface area contributed by atoms with Crippen LogP contribution >= 0.6 is 12.4 Å². The van der Waals surface area contributed by atoms with Gasteiger partial charge in [-0.15, -0.1) is 12.4 Å². The topological polar surface area (TPSA) is 46.3 Å². The number of nitrogens with two attached hydrogens (primary N) is 1. The lowest BCUT2D eigenvalue weighted by molar-refractivity contribution is -0.186. The van der Waals surface area contributed by atoms with Gasteiger partial charge in [0, 0.05) is 25.6 Å². The van der Waals surface area contributed by atoms with E-state index >= 15 is 0 Å². The quantitative estimate of drug-likeness (QED) is 0.846. The molecule has 21 heavy (non-hydrogen) atoms. The zero-order valence-electron chi connectivity index (χ0n) is 12.1. The molecule has 0 aromatic heterocycles. The Morgan fingerprint density at radius 3 is 2.19 bits per heavy atom. The third-order valence-electron chi connectivity index (χ3n) is 4.72. The van der Waals surface area contributed by atoms with Crippen LogP contribution in [-0.4, -0.2) is 36.1 Å². The van der Waals surface area contributed by atoms with E-state index in [1.54, 1.807) is 4.90 Å². The lowest BCUT2D eigenvalue weighted by Crippen LogP contribution is -2.44. The molecule has 2 rings (SSSR count). The van der Waals surface area contributed by atoms with Gasteiger partial charge < -0.3 is 10.6 Å². The molecule has 3 nitrogen and oxygen atoms in total. The van der Waals surface area contributed by atoms with Crippen molar-refractivity contribution in [3.05, 3.63) is 0 Å². The smallest absolute Gasteiger partial charge is 0.343 e. The largest absolute Gasteiger partial charge is 0.391 e. The summed E-state index contributed by atoms with van der Waals surface area (Å²) in [4.78, 5) is 13.7. The molecule has 124 valence electrons.